The van der Waals surface area contributed by atoms with Gasteiger partial charge < -0.3 is 10.1 Å². The summed E-state index contributed by atoms with van der Waals surface area (Å²) in [4.78, 5) is 11.4. The van der Waals surface area contributed by atoms with Crippen molar-refractivity contribution < 1.29 is 9.53 Å². The minimum atomic E-state index is -0.493. The van der Waals surface area contributed by atoms with Crippen LogP contribution in [0.1, 0.15) is 26.3 Å². The summed E-state index contributed by atoms with van der Waals surface area (Å²) < 4.78 is 5.10. The van der Waals surface area contributed by atoms with Crippen LogP contribution >= 0.6 is 23.2 Å². The van der Waals surface area contributed by atoms with Gasteiger partial charge in [0.05, 0.1) is 0 Å². The zero-order chi connectivity index (χ0) is 14.5. The number of halogens is 2. The fraction of sp³-hybridized carbons (Fsp3) is 0.357. The normalized spacial score (nSPS) is 11.6. The highest BCUT2D eigenvalue weighted by molar-refractivity contribution is 6.35. The van der Waals surface area contributed by atoms with Crippen LogP contribution in [0, 0.1) is 0 Å². The van der Waals surface area contributed by atoms with Crippen molar-refractivity contribution in [2.45, 2.75) is 26.4 Å². The predicted octanol–water partition coefficient (Wildman–Crippen LogP) is 4.53. The number of rotatable bonds is 3. The van der Waals surface area contributed by atoms with Gasteiger partial charge in [0.1, 0.15) is 5.60 Å². The van der Waals surface area contributed by atoms with Gasteiger partial charge in [0, 0.05) is 16.6 Å². The number of carbonyl (C=O) groups is 1. The average Bonchev–Trinajstić information content (AvgIpc) is 2.24. The molecule has 0 saturated heterocycles. The quantitative estimate of drug-likeness (QED) is 0.890. The topological polar surface area (TPSA) is 38.3 Å². The second-order valence-corrected chi connectivity index (χ2v) is 5.79. The Hall–Kier alpha value is -1.19. The predicted molar refractivity (Wildman–Crippen MR) is 79.7 cm³/mol. The first-order chi connectivity index (χ1) is 8.78. The molecule has 1 rings (SSSR count). The second kappa shape index (κ2) is 6.83. The van der Waals surface area contributed by atoms with E-state index >= 15 is 0 Å². The molecule has 1 aromatic rings. The molecule has 1 aromatic carbocycles. The summed E-state index contributed by atoms with van der Waals surface area (Å²) in [6.45, 7) is 5.82. The molecule has 0 aliphatic carbocycles. The second-order valence-electron chi connectivity index (χ2n) is 4.95. The molecule has 0 saturated carbocycles. The maximum absolute atomic E-state index is 11.4. The largest absolute Gasteiger partial charge is 0.444 e. The van der Waals surface area contributed by atoms with Crippen LogP contribution in [0.25, 0.3) is 6.08 Å². The highest BCUT2D eigenvalue weighted by atomic mass is 35.5. The van der Waals surface area contributed by atoms with Gasteiger partial charge in [-0.25, -0.2) is 4.79 Å². The summed E-state index contributed by atoms with van der Waals surface area (Å²) in [7, 11) is 0. The Kier molecular flexibility index (Phi) is 5.70. The summed E-state index contributed by atoms with van der Waals surface area (Å²) >= 11 is 11.8. The van der Waals surface area contributed by atoms with Crippen LogP contribution < -0.4 is 5.32 Å². The van der Waals surface area contributed by atoms with E-state index in [1.165, 1.54) is 0 Å². The Labute approximate surface area is 123 Å². The molecule has 0 heterocycles. The van der Waals surface area contributed by atoms with Crippen molar-refractivity contribution in [2.75, 3.05) is 6.54 Å². The zero-order valence-electron chi connectivity index (χ0n) is 11.2. The smallest absolute Gasteiger partial charge is 0.407 e. The number of benzene rings is 1. The molecule has 0 aliphatic heterocycles. The molecular weight excluding hydrogens is 285 g/mol. The third kappa shape index (κ3) is 6.50. The molecule has 0 atom stereocenters. The van der Waals surface area contributed by atoms with Crippen LogP contribution in [-0.2, 0) is 4.74 Å². The lowest BCUT2D eigenvalue weighted by molar-refractivity contribution is 0.0534. The van der Waals surface area contributed by atoms with Gasteiger partial charge in [-0.2, -0.15) is 0 Å². The number of ether oxygens (including phenoxy) is 1. The summed E-state index contributed by atoms with van der Waals surface area (Å²) in [5.41, 5.74) is 0.352. The minimum absolute atomic E-state index is 0.369. The van der Waals surface area contributed by atoms with E-state index in [1.807, 2.05) is 32.9 Å². The third-order valence-electron chi connectivity index (χ3n) is 2.02. The fourth-order valence-corrected chi connectivity index (χ4v) is 1.75. The average molecular weight is 302 g/mol. The standard InChI is InChI=1S/C14H17Cl2NO2/c1-14(2,3)19-13(18)17-8-4-5-10-6-7-11(15)9-12(10)16/h4-7,9H,8H2,1-3H3,(H,17,18). The molecule has 104 valence electrons. The van der Waals surface area contributed by atoms with Crippen molar-refractivity contribution in [3.63, 3.8) is 0 Å². The van der Waals surface area contributed by atoms with Crippen molar-refractivity contribution in [3.8, 4) is 0 Å². The highest BCUT2D eigenvalue weighted by Crippen LogP contribution is 2.21. The van der Waals surface area contributed by atoms with Crippen molar-refractivity contribution in [3.05, 3.63) is 39.9 Å². The van der Waals surface area contributed by atoms with E-state index in [0.29, 0.717) is 16.6 Å². The third-order valence-corrected chi connectivity index (χ3v) is 2.59. The molecule has 0 unspecified atom stereocenters. The van der Waals surface area contributed by atoms with Crippen molar-refractivity contribution >= 4 is 35.4 Å². The number of amides is 1. The summed E-state index contributed by atoms with van der Waals surface area (Å²) in [5.74, 6) is 0. The van der Waals surface area contributed by atoms with E-state index in [9.17, 15) is 4.79 Å². The molecule has 0 spiro atoms. The molecule has 3 nitrogen and oxygen atoms in total. The summed E-state index contributed by atoms with van der Waals surface area (Å²) in [6.07, 6.45) is 3.16. The number of hydrogen-bond donors (Lipinski definition) is 1. The molecule has 0 radical (unpaired) electrons. The van der Waals surface area contributed by atoms with Crippen molar-refractivity contribution in [1.82, 2.24) is 5.32 Å². The van der Waals surface area contributed by atoms with Gasteiger partial charge in [0.25, 0.3) is 0 Å². The van der Waals surface area contributed by atoms with Crippen LogP contribution in [0.5, 0.6) is 0 Å². The summed E-state index contributed by atoms with van der Waals surface area (Å²) in [5, 5.41) is 3.79. The number of alkyl carbamates (subject to hydrolysis) is 1. The fourth-order valence-electron chi connectivity index (χ4n) is 1.28. The maximum Gasteiger partial charge on any atom is 0.407 e. The van der Waals surface area contributed by atoms with Crippen LogP contribution in [0.3, 0.4) is 0 Å². The van der Waals surface area contributed by atoms with E-state index in [0.717, 1.165) is 5.56 Å². The van der Waals surface area contributed by atoms with Crippen LogP contribution in [0.15, 0.2) is 24.3 Å². The number of carbonyl (C=O) groups excluding carboxylic acids is 1. The Balaban J connectivity index is 2.44. The molecule has 5 heteroatoms. The monoisotopic (exact) mass is 301 g/mol. The first-order valence-corrected chi connectivity index (χ1v) is 6.62. The Morgan fingerprint density at radius 3 is 2.63 bits per heavy atom. The lowest BCUT2D eigenvalue weighted by atomic mass is 10.2. The molecular formula is C14H17Cl2NO2. The van der Waals surface area contributed by atoms with Gasteiger partial charge in [0.15, 0.2) is 0 Å². The van der Waals surface area contributed by atoms with Crippen molar-refractivity contribution in [2.24, 2.45) is 0 Å². The zero-order valence-corrected chi connectivity index (χ0v) is 12.7. The van der Waals surface area contributed by atoms with Gasteiger partial charge in [0.2, 0.25) is 0 Å². The minimum Gasteiger partial charge on any atom is -0.444 e. The Morgan fingerprint density at radius 2 is 2.05 bits per heavy atom. The van der Waals surface area contributed by atoms with Gasteiger partial charge >= 0.3 is 6.09 Å². The van der Waals surface area contributed by atoms with E-state index < -0.39 is 11.7 Å². The van der Waals surface area contributed by atoms with Crippen molar-refractivity contribution in [1.29, 1.82) is 0 Å². The van der Waals surface area contributed by atoms with Gasteiger partial charge in [-0.05, 0) is 38.5 Å². The maximum atomic E-state index is 11.4. The van der Waals surface area contributed by atoms with E-state index in [4.69, 9.17) is 27.9 Å². The first-order valence-electron chi connectivity index (χ1n) is 5.86. The lowest BCUT2D eigenvalue weighted by Gasteiger charge is -2.19. The van der Waals surface area contributed by atoms with Crippen LogP contribution in [-0.4, -0.2) is 18.2 Å². The number of nitrogens with one attached hydrogen (secondary N) is 1. The first kappa shape index (κ1) is 15.9. The van der Waals surface area contributed by atoms with E-state index in [1.54, 1.807) is 18.2 Å². The molecule has 0 aromatic heterocycles. The molecule has 1 amide bonds. The van der Waals surface area contributed by atoms with Gasteiger partial charge in [-0.1, -0.05) is 41.4 Å². The Bertz CT molecular complexity index is 479. The van der Waals surface area contributed by atoms with Crippen LogP contribution in [0.4, 0.5) is 4.79 Å². The van der Waals surface area contributed by atoms with Gasteiger partial charge in [-0.3, -0.25) is 0 Å². The molecule has 0 aliphatic rings. The van der Waals surface area contributed by atoms with Gasteiger partial charge in [-0.15, -0.1) is 0 Å². The summed E-state index contributed by atoms with van der Waals surface area (Å²) in [6, 6.07) is 5.24. The van der Waals surface area contributed by atoms with E-state index in [2.05, 4.69) is 5.32 Å². The molecule has 19 heavy (non-hydrogen) atoms. The highest BCUT2D eigenvalue weighted by Gasteiger charge is 2.14. The van der Waals surface area contributed by atoms with Crippen LogP contribution in [0.2, 0.25) is 10.0 Å². The molecule has 0 fully saturated rings. The number of hydrogen-bond acceptors (Lipinski definition) is 2. The van der Waals surface area contributed by atoms with E-state index in [-0.39, 0.29) is 0 Å². The SMILES string of the molecule is CC(C)(C)OC(=O)NCC=Cc1ccc(Cl)cc1Cl. The Morgan fingerprint density at radius 1 is 1.37 bits per heavy atom. The molecule has 1 N–H and O–H groups in total. The molecule has 0 bridgehead atoms. The lowest BCUT2D eigenvalue weighted by Crippen LogP contribution is -2.32.